The highest BCUT2D eigenvalue weighted by Crippen LogP contribution is 2.25. The van der Waals surface area contributed by atoms with Crippen molar-refractivity contribution in [3.63, 3.8) is 0 Å². The fraction of sp³-hybridized carbons (Fsp3) is 0.650. The molecule has 0 unspecified atom stereocenters. The maximum atomic E-state index is 13.0. The Hall–Kier alpha value is -2.08. The molecule has 1 aliphatic carbocycles. The van der Waals surface area contributed by atoms with Crippen LogP contribution in [-0.2, 0) is 15.0 Å². The van der Waals surface area contributed by atoms with Crippen molar-refractivity contribution in [1.29, 1.82) is 0 Å². The van der Waals surface area contributed by atoms with E-state index in [0.717, 1.165) is 25.7 Å². The molecule has 0 aromatic heterocycles. The molecule has 10 nitrogen and oxygen atoms in total. The number of hydrogen-bond acceptors (Lipinski definition) is 6. The number of nitrogens with zero attached hydrogens (tertiary/aromatic N) is 4. The first kappa shape index (κ1) is 23.6. The van der Waals surface area contributed by atoms with Crippen molar-refractivity contribution >= 4 is 27.5 Å². The summed E-state index contributed by atoms with van der Waals surface area (Å²) in [6, 6.07) is 4.38. The molecule has 1 aromatic carbocycles. The second kappa shape index (κ2) is 10.0. The molecule has 1 saturated carbocycles. The number of nitrogens with one attached hydrogen (secondary N) is 1. The number of nitro groups is 1. The molecule has 3 rings (SSSR count). The van der Waals surface area contributed by atoms with Gasteiger partial charge in [0.2, 0.25) is 5.91 Å². The van der Waals surface area contributed by atoms with Crippen LogP contribution in [0.5, 0.6) is 0 Å². The molecule has 0 bridgehead atoms. The van der Waals surface area contributed by atoms with Gasteiger partial charge in [0.1, 0.15) is 0 Å². The van der Waals surface area contributed by atoms with Gasteiger partial charge in [0.05, 0.1) is 11.5 Å². The minimum absolute atomic E-state index is 0.0222. The molecule has 0 spiro atoms. The van der Waals surface area contributed by atoms with Crippen LogP contribution in [0.1, 0.15) is 37.7 Å². The Morgan fingerprint density at radius 2 is 1.84 bits per heavy atom. The number of aryl methyl sites for hydroxylation is 1. The molecule has 31 heavy (non-hydrogen) atoms. The van der Waals surface area contributed by atoms with Gasteiger partial charge in [-0.3, -0.25) is 19.8 Å². The summed E-state index contributed by atoms with van der Waals surface area (Å²) in [5, 5.41) is 13.6. The molecule has 0 atom stereocenters. The molecule has 1 aromatic rings. The van der Waals surface area contributed by atoms with Crippen LogP contribution in [0, 0.1) is 17.0 Å². The number of benzene rings is 1. The number of non-ortho nitro benzene ring substituents is 1. The van der Waals surface area contributed by atoms with Gasteiger partial charge in [0.25, 0.3) is 15.9 Å². The molecule has 172 valence electrons. The quantitative estimate of drug-likeness (QED) is 0.498. The Bertz CT molecular complexity index is 909. The van der Waals surface area contributed by atoms with Crippen LogP contribution < -0.4 is 5.32 Å². The first-order valence-electron chi connectivity index (χ1n) is 10.7. The van der Waals surface area contributed by atoms with Crippen molar-refractivity contribution in [1.82, 2.24) is 13.5 Å². The van der Waals surface area contributed by atoms with Crippen LogP contribution in [0.25, 0.3) is 0 Å². The van der Waals surface area contributed by atoms with Gasteiger partial charge in [-0.05, 0) is 31.4 Å². The second-order valence-corrected chi connectivity index (χ2v) is 10.3. The van der Waals surface area contributed by atoms with Gasteiger partial charge < -0.3 is 5.32 Å². The standard InChI is InChI=1S/C20H31N5O5S/c1-16-14-18(25(27)28)8-9-19(16)21-20(26)15-23-10-12-24(13-11-23)31(29,30)22(2)17-6-4-3-5-7-17/h8-9,14,17H,3-7,10-13,15H2,1-2H3,(H,21,26). The average Bonchev–Trinajstić information content (AvgIpc) is 2.75. The van der Waals surface area contributed by atoms with Gasteiger partial charge in [-0.15, -0.1) is 0 Å². The first-order chi connectivity index (χ1) is 14.7. The molecular formula is C20H31N5O5S. The van der Waals surface area contributed by atoms with Gasteiger partial charge in [0, 0.05) is 57.1 Å². The molecule has 0 radical (unpaired) electrons. The van der Waals surface area contributed by atoms with Crippen molar-refractivity contribution in [3.8, 4) is 0 Å². The monoisotopic (exact) mass is 453 g/mol. The molecule has 1 saturated heterocycles. The van der Waals surface area contributed by atoms with Gasteiger partial charge >= 0.3 is 0 Å². The van der Waals surface area contributed by atoms with Crippen LogP contribution in [-0.4, -0.2) is 78.6 Å². The number of hydrogen-bond donors (Lipinski definition) is 1. The smallest absolute Gasteiger partial charge is 0.282 e. The molecule has 11 heteroatoms. The fourth-order valence-electron chi connectivity index (χ4n) is 4.23. The molecular weight excluding hydrogens is 422 g/mol. The summed E-state index contributed by atoms with van der Waals surface area (Å²) in [5.41, 5.74) is 1.13. The molecule has 1 N–H and O–H groups in total. The zero-order valence-corrected chi connectivity index (χ0v) is 18.9. The lowest BCUT2D eigenvalue weighted by Crippen LogP contribution is -2.55. The SMILES string of the molecule is Cc1cc([N+](=O)[O-])ccc1NC(=O)CN1CCN(S(=O)(=O)N(C)C2CCCCC2)CC1. The highest BCUT2D eigenvalue weighted by atomic mass is 32.2. The summed E-state index contributed by atoms with van der Waals surface area (Å²) in [6.45, 7) is 3.50. The van der Waals surface area contributed by atoms with Crippen molar-refractivity contribution in [2.45, 2.75) is 45.1 Å². The Labute approximate surface area is 183 Å². The number of nitro benzene ring substituents is 1. The van der Waals surface area contributed by atoms with Crippen molar-refractivity contribution < 1.29 is 18.1 Å². The molecule has 2 fully saturated rings. The zero-order chi connectivity index (χ0) is 22.6. The number of rotatable bonds is 7. The van der Waals surface area contributed by atoms with E-state index in [9.17, 15) is 23.3 Å². The Morgan fingerprint density at radius 3 is 2.42 bits per heavy atom. The van der Waals surface area contributed by atoms with E-state index in [1.165, 1.54) is 33.2 Å². The zero-order valence-electron chi connectivity index (χ0n) is 18.1. The molecule has 1 amide bonds. The maximum Gasteiger partial charge on any atom is 0.282 e. The van der Waals surface area contributed by atoms with Gasteiger partial charge in [0.15, 0.2) is 0 Å². The fourth-order valence-corrected chi connectivity index (χ4v) is 5.80. The van der Waals surface area contributed by atoms with E-state index < -0.39 is 15.1 Å². The molecule has 1 aliphatic heterocycles. The summed E-state index contributed by atoms with van der Waals surface area (Å²) in [6.07, 6.45) is 5.14. The third-order valence-electron chi connectivity index (χ3n) is 6.17. The van der Waals surface area contributed by atoms with Crippen LogP contribution in [0.15, 0.2) is 18.2 Å². The normalized spacial score (nSPS) is 19.5. The van der Waals surface area contributed by atoms with Crippen molar-refractivity contribution in [3.05, 3.63) is 33.9 Å². The van der Waals surface area contributed by atoms with E-state index in [-0.39, 0.29) is 24.2 Å². The Morgan fingerprint density at radius 1 is 1.19 bits per heavy atom. The van der Waals surface area contributed by atoms with E-state index in [4.69, 9.17) is 0 Å². The minimum atomic E-state index is -3.49. The van der Waals surface area contributed by atoms with E-state index >= 15 is 0 Å². The highest BCUT2D eigenvalue weighted by Gasteiger charge is 2.34. The van der Waals surface area contributed by atoms with Crippen LogP contribution in [0.3, 0.4) is 0 Å². The van der Waals surface area contributed by atoms with E-state index in [1.54, 1.807) is 14.0 Å². The van der Waals surface area contributed by atoms with Gasteiger partial charge in [-0.1, -0.05) is 19.3 Å². The van der Waals surface area contributed by atoms with E-state index in [2.05, 4.69) is 5.32 Å². The second-order valence-electron chi connectivity index (χ2n) is 8.30. The number of anilines is 1. The number of amides is 1. The van der Waals surface area contributed by atoms with E-state index in [0.29, 0.717) is 37.4 Å². The Kier molecular flexibility index (Phi) is 7.63. The summed E-state index contributed by atoms with van der Waals surface area (Å²) >= 11 is 0. The number of carbonyl (C=O) groups excluding carboxylic acids is 1. The van der Waals surface area contributed by atoms with Crippen molar-refractivity contribution in [2.75, 3.05) is 45.1 Å². The lowest BCUT2D eigenvalue weighted by atomic mass is 9.96. The topological polar surface area (TPSA) is 116 Å². The van der Waals surface area contributed by atoms with Crippen LogP contribution in [0.2, 0.25) is 0 Å². The minimum Gasteiger partial charge on any atom is -0.325 e. The van der Waals surface area contributed by atoms with Gasteiger partial charge in [-0.25, -0.2) is 0 Å². The summed E-state index contributed by atoms with van der Waals surface area (Å²) in [5.74, 6) is -0.229. The lowest BCUT2D eigenvalue weighted by molar-refractivity contribution is -0.384. The third-order valence-corrected chi connectivity index (χ3v) is 8.22. The van der Waals surface area contributed by atoms with Crippen LogP contribution in [0.4, 0.5) is 11.4 Å². The summed E-state index contributed by atoms with van der Waals surface area (Å²) in [7, 11) is -1.82. The van der Waals surface area contributed by atoms with Crippen LogP contribution >= 0.6 is 0 Å². The maximum absolute atomic E-state index is 13.0. The highest BCUT2D eigenvalue weighted by molar-refractivity contribution is 7.86. The predicted molar refractivity (Wildman–Crippen MR) is 118 cm³/mol. The van der Waals surface area contributed by atoms with Crippen molar-refractivity contribution in [2.24, 2.45) is 0 Å². The lowest BCUT2D eigenvalue weighted by Gasteiger charge is -2.38. The summed E-state index contributed by atoms with van der Waals surface area (Å²) in [4.78, 5) is 24.7. The first-order valence-corrected chi connectivity index (χ1v) is 12.1. The predicted octanol–water partition coefficient (Wildman–Crippen LogP) is 1.97. The Balaban J connectivity index is 1.50. The van der Waals surface area contributed by atoms with Gasteiger partial charge in [-0.2, -0.15) is 17.0 Å². The third kappa shape index (κ3) is 5.79. The summed E-state index contributed by atoms with van der Waals surface area (Å²) < 4.78 is 29.0. The van der Waals surface area contributed by atoms with E-state index in [1.807, 2.05) is 4.90 Å². The number of carbonyl (C=O) groups is 1. The number of piperazine rings is 1. The molecule has 2 aliphatic rings. The average molecular weight is 454 g/mol. The largest absolute Gasteiger partial charge is 0.325 e. The molecule has 1 heterocycles.